The maximum Gasteiger partial charge on any atom is 0.0659 e. The molecule has 1 saturated heterocycles. The second-order valence-electron chi connectivity index (χ2n) is 5.35. The first-order valence-electron chi connectivity index (χ1n) is 7.19. The third-order valence-electron chi connectivity index (χ3n) is 4.31. The maximum atomic E-state index is 6.07. The van der Waals surface area contributed by atoms with E-state index >= 15 is 0 Å². The molecule has 0 amide bonds. The van der Waals surface area contributed by atoms with Crippen molar-refractivity contribution >= 4 is 0 Å². The lowest BCUT2D eigenvalue weighted by molar-refractivity contribution is -0.0326. The lowest BCUT2D eigenvalue weighted by Crippen LogP contribution is -2.61. The summed E-state index contributed by atoms with van der Waals surface area (Å²) in [6, 6.07) is 0.715. The SMILES string of the molecule is CCCC1CCCCN1C(CC)(CN)COC. The normalized spacial score (nSPS) is 25.8. The average Bonchev–Trinajstić information content (AvgIpc) is 2.37. The third kappa shape index (κ3) is 3.43. The first-order chi connectivity index (χ1) is 8.24. The molecule has 1 aliphatic rings. The summed E-state index contributed by atoms with van der Waals surface area (Å²) in [6.45, 7) is 7.18. The summed E-state index contributed by atoms with van der Waals surface area (Å²) in [6.07, 6.45) is 7.66. The molecule has 0 saturated carbocycles. The van der Waals surface area contributed by atoms with E-state index < -0.39 is 0 Å². The Labute approximate surface area is 107 Å². The summed E-state index contributed by atoms with van der Waals surface area (Å²) in [5, 5.41) is 0. The van der Waals surface area contributed by atoms with Gasteiger partial charge in [0, 0.05) is 19.7 Å². The molecular weight excluding hydrogens is 212 g/mol. The number of rotatable bonds is 7. The van der Waals surface area contributed by atoms with Gasteiger partial charge in [0.2, 0.25) is 0 Å². The Morgan fingerprint density at radius 3 is 2.65 bits per heavy atom. The van der Waals surface area contributed by atoms with Gasteiger partial charge in [0.25, 0.3) is 0 Å². The molecule has 2 unspecified atom stereocenters. The monoisotopic (exact) mass is 242 g/mol. The van der Waals surface area contributed by atoms with Crippen LogP contribution in [0.25, 0.3) is 0 Å². The summed E-state index contributed by atoms with van der Waals surface area (Å²) in [5.41, 5.74) is 6.14. The zero-order chi connectivity index (χ0) is 12.7. The van der Waals surface area contributed by atoms with Crippen LogP contribution in [0.1, 0.15) is 52.4 Å². The van der Waals surface area contributed by atoms with E-state index in [4.69, 9.17) is 10.5 Å². The van der Waals surface area contributed by atoms with Crippen LogP contribution in [0.15, 0.2) is 0 Å². The molecule has 1 aliphatic heterocycles. The Balaban J connectivity index is 2.80. The molecule has 0 aromatic carbocycles. The highest BCUT2D eigenvalue weighted by molar-refractivity contribution is 4.95. The number of nitrogens with two attached hydrogens (primary N) is 1. The van der Waals surface area contributed by atoms with Crippen molar-refractivity contribution in [1.82, 2.24) is 4.90 Å². The zero-order valence-corrected chi connectivity index (χ0v) is 11.9. The molecule has 0 aliphatic carbocycles. The summed E-state index contributed by atoms with van der Waals surface area (Å²) in [5.74, 6) is 0. The average molecular weight is 242 g/mol. The van der Waals surface area contributed by atoms with Crippen molar-refractivity contribution in [2.24, 2.45) is 5.73 Å². The molecule has 0 aromatic rings. The number of piperidine rings is 1. The Morgan fingerprint density at radius 2 is 2.12 bits per heavy atom. The first kappa shape index (κ1) is 14.9. The number of hydrogen-bond acceptors (Lipinski definition) is 3. The van der Waals surface area contributed by atoms with Gasteiger partial charge in [0.15, 0.2) is 0 Å². The number of likely N-dealkylation sites (tertiary alicyclic amines) is 1. The van der Waals surface area contributed by atoms with Crippen LogP contribution in [0.5, 0.6) is 0 Å². The van der Waals surface area contributed by atoms with Crippen LogP contribution in [-0.2, 0) is 4.74 Å². The highest BCUT2D eigenvalue weighted by atomic mass is 16.5. The second kappa shape index (κ2) is 7.34. The van der Waals surface area contributed by atoms with Crippen molar-refractivity contribution in [2.45, 2.75) is 64.0 Å². The van der Waals surface area contributed by atoms with Gasteiger partial charge in [-0.3, -0.25) is 4.90 Å². The van der Waals surface area contributed by atoms with Gasteiger partial charge < -0.3 is 10.5 Å². The van der Waals surface area contributed by atoms with Gasteiger partial charge >= 0.3 is 0 Å². The molecule has 1 heterocycles. The molecule has 1 rings (SSSR count). The van der Waals surface area contributed by atoms with Crippen LogP contribution < -0.4 is 5.73 Å². The van der Waals surface area contributed by atoms with E-state index in [0.29, 0.717) is 12.6 Å². The quantitative estimate of drug-likeness (QED) is 0.745. The predicted molar refractivity (Wildman–Crippen MR) is 73.2 cm³/mol. The van der Waals surface area contributed by atoms with Crippen LogP contribution in [0.2, 0.25) is 0 Å². The van der Waals surface area contributed by atoms with Crippen LogP contribution in [0, 0.1) is 0 Å². The van der Waals surface area contributed by atoms with Crippen LogP contribution >= 0.6 is 0 Å². The Kier molecular flexibility index (Phi) is 6.45. The van der Waals surface area contributed by atoms with E-state index in [1.54, 1.807) is 7.11 Å². The number of ether oxygens (including phenoxy) is 1. The van der Waals surface area contributed by atoms with E-state index in [1.807, 2.05) is 0 Å². The van der Waals surface area contributed by atoms with Crippen molar-refractivity contribution < 1.29 is 4.74 Å². The molecule has 1 fully saturated rings. The molecule has 2 N–H and O–H groups in total. The lowest BCUT2D eigenvalue weighted by atomic mass is 9.87. The van der Waals surface area contributed by atoms with Crippen LogP contribution in [0.3, 0.4) is 0 Å². The lowest BCUT2D eigenvalue weighted by Gasteiger charge is -2.49. The van der Waals surface area contributed by atoms with Gasteiger partial charge in [-0.15, -0.1) is 0 Å². The summed E-state index contributed by atoms with van der Waals surface area (Å²) < 4.78 is 5.45. The van der Waals surface area contributed by atoms with E-state index in [0.717, 1.165) is 13.0 Å². The topological polar surface area (TPSA) is 38.5 Å². The Hall–Kier alpha value is -0.120. The predicted octanol–water partition coefficient (Wildman–Crippen LogP) is 2.39. The Bertz CT molecular complexity index is 202. The Morgan fingerprint density at radius 1 is 1.35 bits per heavy atom. The van der Waals surface area contributed by atoms with Crippen molar-refractivity contribution in [3.63, 3.8) is 0 Å². The highest BCUT2D eigenvalue weighted by Gasteiger charge is 2.38. The van der Waals surface area contributed by atoms with Crippen molar-refractivity contribution in [3.05, 3.63) is 0 Å². The van der Waals surface area contributed by atoms with E-state index in [1.165, 1.54) is 38.6 Å². The summed E-state index contributed by atoms with van der Waals surface area (Å²) in [4.78, 5) is 2.66. The number of hydrogen-bond donors (Lipinski definition) is 1. The van der Waals surface area contributed by atoms with Gasteiger partial charge in [0.1, 0.15) is 0 Å². The van der Waals surface area contributed by atoms with Crippen LogP contribution in [-0.4, -0.2) is 43.3 Å². The fraction of sp³-hybridized carbons (Fsp3) is 1.00. The van der Waals surface area contributed by atoms with Gasteiger partial charge in [0.05, 0.1) is 12.1 Å². The molecule has 0 radical (unpaired) electrons. The van der Waals surface area contributed by atoms with Crippen molar-refractivity contribution in [1.29, 1.82) is 0 Å². The second-order valence-corrected chi connectivity index (χ2v) is 5.35. The molecule has 0 aromatic heterocycles. The first-order valence-corrected chi connectivity index (χ1v) is 7.19. The van der Waals surface area contributed by atoms with Gasteiger partial charge in [-0.1, -0.05) is 26.7 Å². The smallest absolute Gasteiger partial charge is 0.0659 e. The van der Waals surface area contributed by atoms with Gasteiger partial charge in [-0.25, -0.2) is 0 Å². The molecule has 2 atom stereocenters. The molecule has 0 bridgehead atoms. The molecule has 102 valence electrons. The highest BCUT2D eigenvalue weighted by Crippen LogP contribution is 2.30. The van der Waals surface area contributed by atoms with Crippen molar-refractivity contribution in [2.75, 3.05) is 26.8 Å². The minimum atomic E-state index is 0.0645. The molecular formula is C14H30N2O. The molecule has 0 spiro atoms. The van der Waals surface area contributed by atoms with E-state index in [-0.39, 0.29) is 5.54 Å². The van der Waals surface area contributed by atoms with Gasteiger partial charge in [-0.05, 0) is 32.2 Å². The maximum absolute atomic E-state index is 6.07. The number of methoxy groups -OCH3 is 1. The minimum absolute atomic E-state index is 0.0645. The largest absolute Gasteiger partial charge is 0.383 e. The zero-order valence-electron chi connectivity index (χ0n) is 11.9. The van der Waals surface area contributed by atoms with Gasteiger partial charge in [-0.2, -0.15) is 0 Å². The van der Waals surface area contributed by atoms with E-state index in [2.05, 4.69) is 18.7 Å². The molecule has 17 heavy (non-hydrogen) atoms. The standard InChI is InChI=1S/C14H30N2O/c1-4-8-13-9-6-7-10-16(13)14(5-2,11-15)12-17-3/h13H,4-12,15H2,1-3H3. The fourth-order valence-electron chi connectivity index (χ4n) is 3.24. The van der Waals surface area contributed by atoms with Crippen LogP contribution in [0.4, 0.5) is 0 Å². The molecule has 3 heteroatoms. The number of nitrogens with zero attached hydrogens (tertiary/aromatic N) is 1. The fourth-order valence-corrected chi connectivity index (χ4v) is 3.24. The minimum Gasteiger partial charge on any atom is -0.383 e. The summed E-state index contributed by atoms with van der Waals surface area (Å²) >= 11 is 0. The molecule has 3 nitrogen and oxygen atoms in total. The van der Waals surface area contributed by atoms with Crippen molar-refractivity contribution in [3.8, 4) is 0 Å². The summed E-state index contributed by atoms with van der Waals surface area (Å²) in [7, 11) is 1.79. The third-order valence-corrected chi connectivity index (χ3v) is 4.31. The van der Waals surface area contributed by atoms with E-state index in [9.17, 15) is 0 Å².